The summed E-state index contributed by atoms with van der Waals surface area (Å²) < 4.78 is 2.02. The molecule has 10 heteroatoms. The molecule has 1 amide bonds. The van der Waals surface area contributed by atoms with E-state index in [1.54, 1.807) is 22.9 Å². The Balaban J connectivity index is 2.23. The number of hydrogen-bond donors (Lipinski definition) is 2. The first-order valence-corrected chi connectivity index (χ1v) is 10.3. The summed E-state index contributed by atoms with van der Waals surface area (Å²) in [6.45, 7) is 5.04. The van der Waals surface area contributed by atoms with Gasteiger partial charge < -0.3 is 15.5 Å². The van der Waals surface area contributed by atoms with E-state index < -0.39 is 11.2 Å². The Hall–Kier alpha value is -2.26. The van der Waals surface area contributed by atoms with Crippen LogP contribution in [0.4, 0.5) is 11.5 Å². The summed E-state index contributed by atoms with van der Waals surface area (Å²) in [5.74, 6) is -0.0824. The van der Waals surface area contributed by atoms with E-state index in [4.69, 9.17) is 17.3 Å². The van der Waals surface area contributed by atoms with Gasteiger partial charge in [0.25, 0.3) is 5.56 Å². The van der Waals surface area contributed by atoms with Crippen molar-refractivity contribution in [2.24, 2.45) is 0 Å². The number of aromatic nitrogens is 2. The van der Waals surface area contributed by atoms with Gasteiger partial charge in [-0.1, -0.05) is 24.9 Å². The second kappa shape index (κ2) is 9.79. The van der Waals surface area contributed by atoms with E-state index in [9.17, 15) is 14.4 Å². The minimum atomic E-state index is -0.586. The maximum atomic E-state index is 12.7. The molecule has 0 radical (unpaired) electrons. The van der Waals surface area contributed by atoms with Crippen LogP contribution in [0.25, 0.3) is 0 Å². The van der Waals surface area contributed by atoms with Crippen LogP contribution in [0.2, 0.25) is 4.34 Å². The van der Waals surface area contributed by atoms with Crippen molar-refractivity contribution in [3.05, 3.63) is 42.2 Å². The van der Waals surface area contributed by atoms with Gasteiger partial charge >= 0.3 is 5.69 Å². The number of amides is 1. The number of nitrogens with one attached hydrogen (secondary N) is 1. The highest BCUT2D eigenvalue weighted by Crippen LogP contribution is 2.23. The zero-order valence-corrected chi connectivity index (χ0v) is 17.9. The van der Waals surface area contributed by atoms with Crippen molar-refractivity contribution in [1.82, 2.24) is 14.5 Å². The predicted molar refractivity (Wildman–Crippen MR) is 114 cm³/mol. The number of unbranched alkanes of at least 4 members (excludes halogenated alkanes) is 1. The van der Waals surface area contributed by atoms with E-state index in [0.29, 0.717) is 24.0 Å². The standard InChI is InChI=1S/C18H26ClN5O3S/c1-4-6-9-24-16(20)15(17(26)21-18(24)27)23(5-2)11-14(25)22(3)10-12-7-8-13(19)28-12/h7-8H,4-6,9-11,20H2,1-3H3,(H,21,26,27). The van der Waals surface area contributed by atoms with Crippen LogP contribution in [0.1, 0.15) is 31.6 Å². The number of rotatable bonds is 9. The van der Waals surface area contributed by atoms with Gasteiger partial charge in [-0.15, -0.1) is 11.3 Å². The summed E-state index contributed by atoms with van der Waals surface area (Å²) in [6.07, 6.45) is 1.64. The molecule has 0 fully saturated rings. The highest BCUT2D eigenvalue weighted by molar-refractivity contribution is 7.16. The number of nitrogen functional groups attached to an aromatic ring is 1. The number of likely N-dealkylation sites (N-methyl/N-ethyl adjacent to an activating group) is 2. The summed E-state index contributed by atoms with van der Waals surface area (Å²) in [7, 11) is 1.69. The van der Waals surface area contributed by atoms with E-state index in [-0.39, 0.29) is 24.0 Å². The van der Waals surface area contributed by atoms with Crippen LogP contribution in [-0.4, -0.2) is 40.5 Å². The molecule has 0 aliphatic carbocycles. The Bertz CT molecular complexity index is 936. The van der Waals surface area contributed by atoms with E-state index in [2.05, 4.69) is 4.98 Å². The van der Waals surface area contributed by atoms with Crippen molar-refractivity contribution >= 4 is 40.4 Å². The van der Waals surface area contributed by atoms with Gasteiger partial charge in [0.1, 0.15) is 11.5 Å². The number of hydrogen-bond acceptors (Lipinski definition) is 6. The van der Waals surface area contributed by atoms with Crippen LogP contribution >= 0.6 is 22.9 Å². The lowest BCUT2D eigenvalue weighted by Crippen LogP contribution is -2.43. The molecule has 0 aromatic carbocycles. The Morgan fingerprint density at radius 1 is 1.32 bits per heavy atom. The van der Waals surface area contributed by atoms with Crippen molar-refractivity contribution < 1.29 is 4.79 Å². The highest BCUT2D eigenvalue weighted by Gasteiger charge is 2.21. The SMILES string of the molecule is CCCCn1c(N)c(N(CC)CC(=O)N(C)Cc2ccc(Cl)s2)c(=O)[nH]c1=O. The van der Waals surface area contributed by atoms with Gasteiger partial charge in [-0.3, -0.25) is 19.1 Å². The number of nitrogens with two attached hydrogens (primary N) is 1. The normalized spacial score (nSPS) is 10.9. The highest BCUT2D eigenvalue weighted by atomic mass is 35.5. The van der Waals surface area contributed by atoms with Crippen LogP contribution in [0.3, 0.4) is 0 Å². The third-order valence-electron chi connectivity index (χ3n) is 4.42. The fraction of sp³-hybridized carbons (Fsp3) is 0.500. The molecule has 0 aliphatic heterocycles. The van der Waals surface area contributed by atoms with Crippen molar-refractivity contribution in [2.45, 2.75) is 39.8 Å². The summed E-state index contributed by atoms with van der Waals surface area (Å²) in [5.41, 5.74) is 5.18. The van der Waals surface area contributed by atoms with Crippen LogP contribution in [0.15, 0.2) is 21.7 Å². The van der Waals surface area contributed by atoms with E-state index in [1.165, 1.54) is 15.9 Å². The average Bonchev–Trinajstić information content (AvgIpc) is 3.04. The molecule has 2 rings (SSSR count). The minimum absolute atomic E-state index is 0.0225. The number of nitrogens with zero attached hydrogens (tertiary/aromatic N) is 3. The average molecular weight is 428 g/mol. The number of halogens is 1. The third kappa shape index (κ3) is 5.17. The molecule has 0 spiro atoms. The smallest absolute Gasteiger partial charge is 0.330 e. The topological polar surface area (TPSA) is 104 Å². The summed E-state index contributed by atoms with van der Waals surface area (Å²) in [4.78, 5) is 43.6. The first-order valence-electron chi connectivity index (χ1n) is 9.14. The van der Waals surface area contributed by atoms with Gasteiger partial charge in [0.15, 0.2) is 0 Å². The van der Waals surface area contributed by atoms with Gasteiger partial charge in [-0.05, 0) is 25.5 Å². The zero-order chi connectivity index (χ0) is 20.8. The number of carbonyl (C=O) groups is 1. The molecular formula is C18H26ClN5O3S. The summed E-state index contributed by atoms with van der Waals surface area (Å²) in [6, 6.07) is 3.67. The number of aromatic amines is 1. The second-order valence-corrected chi connectivity index (χ2v) is 8.27. The second-order valence-electron chi connectivity index (χ2n) is 6.47. The Kier molecular flexibility index (Phi) is 7.70. The van der Waals surface area contributed by atoms with Crippen LogP contribution in [-0.2, 0) is 17.9 Å². The van der Waals surface area contributed by atoms with E-state index in [0.717, 1.165) is 17.7 Å². The minimum Gasteiger partial charge on any atom is -0.383 e. The number of thiophene rings is 1. The molecule has 3 N–H and O–H groups in total. The van der Waals surface area contributed by atoms with Gasteiger partial charge in [0.05, 0.1) is 17.4 Å². The lowest BCUT2D eigenvalue weighted by molar-refractivity contribution is -0.128. The van der Waals surface area contributed by atoms with Gasteiger partial charge in [0.2, 0.25) is 5.91 Å². The fourth-order valence-corrected chi connectivity index (χ4v) is 3.95. The lowest BCUT2D eigenvalue weighted by atomic mass is 10.3. The third-order valence-corrected chi connectivity index (χ3v) is 5.64. The largest absolute Gasteiger partial charge is 0.383 e. The van der Waals surface area contributed by atoms with Crippen molar-refractivity contribution in [3.63, 3.8) is 0 Å². The maximum absolute atomic E-state index is 12.7. The molecule has 0 saturated heterocycles. The first-order chi connectivity index (χ1) is 13.3. The quantitative estimate of drug-likeness (QED) is 0.637. The molecule has 2 aromatic heterocycles. The molecular weight excluding hydrogens is 402 g/mol. The van der Waals surface area contributed by atoms with E-state index >= 15 is 0 Å². The summed E-state index contributed by atoms with van der Waals surface area (Å²) in [5, 5.41) is 0. The van der Waals surface area contributed by atoms with Crippen molar-refractivity contribution in [3.8, 4) is 0 Å². The number of anilines is 2. The molecule has 0 unspecified atom stereocenters. The molecule has 0 atom stereocenters. The van der Waals surface area contributed by atoms with Crippen LogP contribution in [0, 0.1) is 0 Å². The van der Waals surface area contributed by atoms with Crippen LogP contribution < -0.4 is 21.9 Å². The van der Waals surface area contributed by atoms with Gasteiger partial charge in [-0.25, -0.2) is 4.79 Å². The molecule has 154 valence electrons. The molecule has 8 nitrogen and oxygen atoms in total. The van der Waals surface area contributed by atoms with E-state index in [1.807, 2.05) is 19.9 Å². The van der Waals surface area contributed by atoms with Gasteiger partial charge in [0, 0.05) is 25.0 Å². The maximum Gasteiger partial charge on any atom is 0.330 e. The first kappa shape index (κ1) is 22.0. The van der Waals surface area contributed by atoms with Crippen LogP contribution in [0.5, 0.6) is 0 Å². The Morgan fingerprint density at radius 3 is 2.61 bits per heavy atom. The van der Waals surface area contributed by atoms with Crippen molar-refractivity contribution in [1.29, 1.82) is 0 Å². The Morgan fingerprint density at radius 2 is 2.04 bits per heavy atom. The molecule has 28 heavy (non-hydrogen) atoms. The molecule has 0 bridgehead atoms. The number of carbonyl (C=O) groups excluding carboxylic acids is 1. The monoisotopic (exact) mass is 427 g/mol. The molecule has 2 aromatic rings. The lowest BCUT2D eigenvalue weighted by Gasteiger charge is -2.26. The van der Waals surface area contributed by atoms with Gasteiger partial charge in [-0.2, -0.15) is 0 Å². The molecule has 0 aliphatic rings. The molecule has 0 saturated carbocycles. The zero-order valence-electron chi connectivity index (χ0n) is 16.3. The van der Waals surface area contributed by atoms with Crippen molar-refractivity contribution in [2.75, 3.05) is 30.8 Å². The summed E-state index contributed by atoms with van der Waals surface area (Å²) >= 11 is 7.35. The fourth-order valence-electron chi connectivity index (χ4n) is 2.81. The molecule has 2 heterocycles. The Labute approximate surface area is 172 Å². The number of H-pyrrole nitrogens is 1. The predicted octanol–water partition coefficient (Wildman–Crippen LogP) is 2.12.